The van der Waals surface area contributed by atoms with Crippen LogP contribution in [-0.4, -0.2) is 137 Å². The summed E-state index contributed by atoms with van der Waals surface area (Å²) < 4.78 is 19.5. The number of hydrogen-bond donors (Lipinski definition) is 4. The molecule has 396 valence electrons. The van der Waals surface area contributed by atoms with Crippen molar-refractivity contribution in [3.63, 3.8) is 0 Å². The second kappa shape index (κ2) is 29.7. The monoisotopic (exact) mass is 1050 g/mol. The van der Waals surface area contributed by atoms with Gasteiger partial charge in [0.25, 0.3) is 0 Å². The molecule has 2 aromatic carbocycles. The van der Waals surface area contributed by atoms with Gasteiger partial charge in [-0.3, -0.25) is 19.3 Å². The molecule has 2 unspecified atom stereocenters. The molecule has 15 nitrogen and oxygen atoms in total. The van der Waals surface area contributed by atoms with Crippen molar-refractivity contribution in [2.24, 2.45) is 17.6 Å². The van der Waals surface area contributed by atoms with E-state index in [1.165, 1.54) is 48.2 Å². The van der Waals surface area contributed by atoms with E-state index in [-0.39, 0.29) is 11.2 Å². The van der Waals surface area contributed by atoms with Gasteiger partial charge in [0.1, 0.15) is 28.5 Å². The zero-order valence-electron chi connectivity index (χ0n) is 43.7. The number of thiazole rings is 1. The van der Waals surface area contributed by atoms with Gasteiger partial charge in [0.05, 0.1) is 41.0 Å². The van der Waals surface area contributed by atoms with Crippen molar-refractivity contribution in [3.05, 3.63) is 75.5 Å². The Morgan fingerprint density at radius 3 is 2.21 bits per heavy atom. The number of primary amides is 1. The van der Waals surface area contributed by atoms with Crippen molar-refractivity contribution >= 4 is 77.7 Å². The molecule has 2 saturated carbocycles. The van der Waals surface area contributed by atoms with E-state index in [4.69, 9.17) is 21.1 Å². The van der Waals surface area contributed by atoms with Crippen molar-refractivity contribution in [2.45, 2.75) is 121 Å². The maximum Gasteiger partial charge on any atom is 0.229 e. The summed E-state index contributed by atoms with van der Waals surface area (Å²) in [6, 6.07) is 13.0. The average Bonchev–Trinajstić information content (AvgIpc) is 3.75. The van der Waals surface area contributed by atoms with Gasteiger partial charge < -0.3 is 41.0 Å². The maximum atomic E-state index is 14.5. The Morgan fingerprint density at radius 1 is 1.00 bits per heavy atom. The predicted octanol–water partition coefficient (Wildman–Crippen LogP) is 9.26. The highest BCUT2D eigenvalue weighted by molar-refractivity contribution is 8.01. The number of nitrogens with two attached hydrogens (primary N) is 1. The molecule has 72 heavy (non-hydrogen) atoms. The van der Waals surface area contributed by atoms with Crippen LogP contribution in [0.15, 0.2) is 48.1 Å². The minimum Gasteiger partial charge on any atom is -0.495 e. The zero-order chi connectivity index (χ0) is 52.8. The van der Waals surface area contributed by atoms with Gasteiger partial charge in [0.15, 0.2) is 0 Å². The Morgan fingerprint density at radius 2 is 1.69 bits per heavy atom. The average molecular weight is 1050 g/mol. The van der Waals surface area contributed by atoms with E-state index in [1.807, 2.05) is 54.2 Å². The third kappa shape index (κ3) is 18.6. The summed E-state index contributed by atoms with van der Waals surface area (Å²) in [5, 5.41) is 9.71. The molecule has 0 bridgehead atoms. The fraction of sp³-hybridized carbons (Fsp3) is 0.566. The van der Waals surface area contributed by atoms with Crippen molar-refractivity contribution in [1.29, 1.82) is 0 Å². The molecule has 5 N–H and O–H groups in total. The second-order valence-corrected chi connectivity index (χ2v) is 22.7. The van der Waals surface area contributed by atoms with Gasteiger partial charge in [-0.2, -0.15) is 16.7 Å². The molecule has 19 heteroatoms. The Labute approximate surface area is 440 Å². The summed E-state index contributed by atoms with van der Waals surface area (Å²) in [5.41, 5.74) is 11.3. The van der Waals surface area contributed by atoms with Crippen LogP contribution >= 0.6 is 34.7 Å². The van der Waals surface area contributed by atoms with Gasteiger partial charge in [-0.05, 0) is 147 Å². The lowest BCUT2D eigenvalue weighted by atomic mass is 9.88. The Hall–Kier alpha value is -4.88. The number of methoxy groups -OCH3 is 1. The molecule has 2 aliphatic heterocycles. The van der Waals surface area contributed by atoms with Crippen molar-refractivity contribution < 1.29 is 28.3 Å². The number of thioether (sulfide) groups is 1. The molecular formula is C53H78ClFN10O5S2. The highest BCUT2D eigenvalue weighted by atomic mass is 35.5. The first-order valence-corrected chi connectivity index (χ1v) is 27.0. The van der Waals surface area contributed by atoms with Crippen LogP contribution in [0.1, 0.15) is 94.5 Å². The number of nitrogens with one attached hydrogen (secondary N) is 3. The number of ether oxygens (including phenoxy) is 1. The third-order valence-corrected chi connectivity index (χ3v) is 16.6. The van der Waals surface area contributed by atoms with Crippen molar-refractivity contribution in [2.75, 3.05) is 71.1 Å². The van der Waals surface area contributed by atoms with E-state index < -0.39 is 11.6 Å². The molecule has 2 aromatic heterocycles. The summed E-state index contributed by atoms with van der Waals surface area (Å²) in [6.07, 6.45) is 13.0. The molecule has 4 heterocycles. The van der Waals surface area contributed by atoms with E-state index in [0.717, 1.165) is 105 Å². The van der Waals surface area contributed by atoms with E-state index in [1.54, 1.807) is 31.7 Å². The third-order valence-electron chi connectivity index (χ3n) is 13.7. The minimum absolute atomic E-state index is 0.250. The number of carbonyl (C=O) groups is 4. The quantitative estimate of drug-likeness (QED) is 0.0779. The molecule has 4 aromatic rings. The van der Waals surface area contributed by atoms with Crippen LogP contribution in [0.25, 0.3) is 10.4 Å². The summed E-state index contributed by atoms with van der Waals surface area (Å²) in [6.45, 7) is 19.2. The topological polar surface area (TPSA) is 188 Å². The van der Waals surface area contributed by atoms with Gasteiger partial charge in [-0.1, -0.05) is 35.9 Å². The van der Waals surface area contributed by atoms with Crippen molar-refractivity contribution in [1.82, 2.24) is 35.0 Å². The number of rotatable bonds is 16. The number of likely N-dealkylation sites (tertiary alicyclic amines) is 1. The summed E-state index contributed by atoms with van der Waals surface area (Å²) in [7, 11) is 5.57. The van der Waals surface area contributed by atoms with Gasteiger partial charge in [-0.15, -0.1) is 11.3 Å². The van der Waals surface area contributed by atoms with Gasteiger partial charge in [-0.25, -0.2) is 14.4 Å². The molecule has 2 saturated heterocycles. The van der Waals surface area contributed by atoms with Crippen LogP contribution < -0.4 is 26.4 Å². The first-order valence-electron chi connectivity index (χ1n) is 24.8. The number of aldehydes is 1. The Balaban J connectivity index is 0.000000218. The lowest BCUT2D eigenvalue weighted by Gasteiger charge is -2.40. The SMILES string of the molecule is CC(C)(SC1CCC(CN2CCN(C=O)CC2)CC1)C(C=O)C1(F)CC1.CC1CCCN1C.CNc1nc(Nc2ccc(C)cc2OC)ncc1Cl.Cc1cc(-c2scnc2C)ccc1CNC=O.NC=O. The largest absolute Gasteiger partial charge is 0.495 e. The maximum absolute atomic E-state index is 14.5. The standard InChI is InChI=1S/C20H33FN2O2S.C13H15ClN4O.C13H14N2OS.C6H13N.CH3NO/c1-19(2,18(14-24)20(21)7-8-20)26-17-5-3-16(4-6-17)13-22-9-11-23(15-25)12-10-22;1-8-4-5-10(11(6-8)19-3)17-13-16-7-9(14)12(15-2)18-13;1-9-5-11(13-10(2)15-8-17-13)3-4-12(9)6-14-7-16;1-6-4-3-5-7(6)2;2-1-3/h14-18H,3-13H2,1-2H3;4-7H,1-3H3,(H2,15,16,17,18);3-5,7-8H,6H2,1-2H3,(H,14,16);6H,3-5H2,1-2H3;1H,(H2,2,3). The number of piperazine rings is 1. The number of hydrogen-bond acceptors (Lipinski definition) is 14. The van der Waals surface area contributed by atoms with E-state index in [2.05, 4.69) is 99.4 Å². The van der Waals surface area contributed by atoms with Gasteiger partial charge in [0, 0.05) is 62.4 Å². The molecule has 8 rings (SSSR count). The van der Waals surface area contributed by atoms with Crippen LogP contribution in [0.3, 0.4) is 0 Å². The van der Waals surface area contributed by atoms with Gasteiger partial charge in [0.2, 0.25) is 25.2 Å². The Bertz CT molecular complexity index is 2300. The Kier molecular flexibility index (Phi) is 24.6. The van der Waals surface area contributed by atoms with Crippen LogP contribution in [0, 0.1) is 32.6 Å². The van der Waals surface area contributed by atoms with Crippen LogP contribution in [-0.2, 0) is 25.7 Å². The van der Waals surface area contributed by atoms with E-state index >= 15 is 0 Å². The van der Waals surface area contributed by atoms with E-state index in [0.29, 0.717) is 41.4 Å². The summed E-state index contributed by atoms with van der Waals surface area (Å²) >= 11 is 9.43. The highest BCUT2D eigenvalue weighted by Crippen LogP contribution is 2.54. The number of nitrogens with zero attached hydrogens (tertiary/aromatic N) is 6. The number of benzene rings is 2. The number of aromatic nitrogens is 3. The number of amides is 3. The zero-order valence-corrected chi connectivity index (χ0v) is 46.1. The van der Waals surface area contributed by atoms with Gasteiger partial charge >= 0.3 is 0 Å². The summed E-state index contributed by atoms with van der Waals surface area (Å²) in [5.74, 6) is 2.02. The highest BCUT2D eigenvalue weighted by Gasteiger charge is 2.56. The number of halogens is 2. The lowest BCUT2D eigenvalue weighted by molar-refractivity contribution is -0.120. The molecule has 4 fully saturated rings. The first-order chi connectivity index (χ1) is 34.4. The van der Waals surface area contributed by atoms with Crippen LogP contribution in [0.5, 0.6) is 5.75 Å². The number of carbonyl (C=O) groups excluding carboxylic acids is 4. The molecule has 4 aliphatic rings. The second-order valence-electron chi connectivity index (χ2n) is 19.4. The molecule has 0 spiro atoms. The summed E-state index contributed by atoms with van der Waals surface area (Å²) in [4.78, 5) is 61.8. The number of anilines is 3. The first kappa shape index (κ1) is 59.7. The van der Waals surface area contributed by atoms with Crippen molar-refractivity contribution in [3.8, 4) is 16.2 Å². The smallest absolute Gasteiger partial charge is 0.229 e. The molecular weight excluding hydrogens is 975 g/mol. The number of alkyl halides is 1. The lowest BCUT2D eigenvalue weighted by Crippen LogP contribution is -2.47. The number of aryl methyl sites for hydroxylation is 3. The molecule has 3 amide bonds. The van der Waals surface area contributed by atoms with Crippen LogP contribution in [0.4, 0.5) is 21.8 Å². The molecule has 2 aliphatic carbocycles. The van der Waals surface area contributed by atoms with E-state index in [9.17, 15) is 18.8 Å². The molecule has 2 atom stereocenters. The fourth-order valence-corrected chi connectivity index (χ4v) is 11.9. The minimum atomic E-state index is -1.24. The predicted molar refractivity (Wildman–Crippen MR) is 293 cm³/mol. The fourth-order valence-electron chi connectivity index (χ4n) is 9.16. The normalized spacial score (nSPS) is 19.7. The molecule has 0 radical (unpaired) electrons. The van der Waals surface area contributed by atoms with Crippen LogP contribution in [0.2, 0.25) is 5.02 Å².